The predicted octanol–water partition coefficient (Wildman–Crippen LogP) is 3.43. The van der Waals surface area contributed by atoms with Gasteiger partial charge in [0.15, 0.2) is 5.69 Å². The lowest BCUT2D eigenvalue weighted by atomic mass is 10.1. The van der Waals surface area contributed by atoms with E-state index in [9.17, 15) is 4.79 Å². The van der Waals surface area contributed by atoms with Gasteiger partial charge in [-0.05, 0) is 19.9 Å². The van der Waals surface area contributed by atoms with Gasteiger partial charge in [-0.1, -0.05) is 18.2 Å². The molecule has 0 aliphatic rings. The number of aromatic amines is 1. The van der Waals surface area contributed by atoms with Gasteiger partial charge in [0.05, 0.1) is 24.9 Å². The second-order valence-electron chi connectivity index (χ2n) is 4.90. The molecule has 2 aromatic heterocycles. The Hall–Kier alpha value is -2.40. The third-order valence-corrected chi connectivity index (χ3v) is 3.56. The number of fused-ring (bicyclic) bond motifs is 3. The number of esters is 1. The minimum Gasteiger partial charge on any atom is -0.461 e. The number of rotatable bonds is 5. The lowest BCUT2D eigenvalue weighted by molar-refractivity contribution is 0.0512. The molecule has 0 aliphatic carbocycles. The van der Waals surface area contributed by atoms with Crippen LogP contribution in [0.5, 0.6) is 0 Å². The summed E-state index contributed by atoms with van der Waals surface area (Å²) in [4.78, 5) is 19.8. The van der Waals surface area contributed by atoms with Crippen molar-refractivity contribution in [3.05, 3.63) is 41.7 Å². The Labute approximate surface area is 128 Å². The zero-order valence-corrected chi connectivity index (χ0v) is 12.7. The summed E-state index contributed by atoms with van der Waals surface area (Å²) in [7, 11) is 0. The first-order chi connectivity index (χ1) is 10.8. The minimum atomic E-state index is -0.413. The van der Waals surface area contributed by atoms with E-state index in [-0.39, 0.29) is 0 Å². The van der Waals surface area contributed by atoms with Gasteiger partial charge in [-0.25, -0.2) is 9.78 Å². The standard InChI is InChI=1S/C17H18N2O3/c1-3-21-10-12-15-11-7-5-6-8-13(11)19-14(15)9-18-16(12)17(20)22-4-2/h5-9,19H,3-4,10H2,1-2H3. The molecule has 0 amide bonds. The van der Waals surface area contributed by atoms with E-state index in [1.807, 2.05) is 31.2 Å². The van der Waals surface area contributed by atoms with Gasteiger partial charge in [-0.3, -0.25) is 0 Å². The molecule has 2 heterocycles. The number of para-hydroxylation sites is 1. The molecular formula is C17H18N2O3. The van der Waals surface area contributed by atoms with E-state index >= 15 is 0 Å². The molecule has 3 aromatic rings. The topological polar surface area (TPSA) is 64.2 Å². The van der Waals surface area contributed by atoms with Crippen LogP contribution >= 0.6 is 0 Å². The maximum absolute atomic E-state index is 12.2. The highest BCUT2D eigenvalue weighted by Crippen LogP contribution is 2.30. The predicted molar refractivity (Wildman–Crippen MR) is 84.9 cm³/mol. The van der Waals surface area contributed by atoms with Crippen molar-refractivity contribution in [3.63, 3.8) is 0 Å². The Balaban J connectivity index is 2.27. The maximum atomic E-state index is 12.2. The summed E-state index contributed by atoms with van der Waals surface area (Å²) in [5.41, 5.74) is 3.00. The molecule has 5 nitrogen and oxygen atoms in total. The zero-order valence-electron chi connectivity index (χ0n) is 12.7. The van der Waals surface area contributed by atoms with E-state index in [0.717, 1.165) is 27.4 Å². The highest BCUT2D eigenvalue weighted by atomic mass is 16.5. The Bertz CT molecular complexity index is 823. The number of ether oxygens (including phenoxy) is 2. The molecule has 3 rings (SSSR count). The number of nitrogens with zero attached hydrogens (tertiary/aromatic N) is 1. The van der Waals surface area contributed by atoms with Gasteiger partial charge in [0.2, 0.25) is 0 Å². The molecule has 0 spiro atoms. The van der Waals surface area contributed by atoms with E-state index in [1.165, 1.54) is 0 Å². The van der Waals surface area contributed by atoms with Crippen LogP contribution in [0.1, 0.15) is 29.9 Å². The van der Waals surface area contributed by atoms with Crippen molar-refractivity contribution in [1.82, 2.24) is 9.97 Å². The molecular weight excluding hydrogens is 280 g/mol. The molecule has 0 radical (unpaired) electrons. The molecule has 0 aliphatic heterocycles. The third kappa shape index (κ3) is 2.44. The summed E-state index contributed by atoms with van der Waals surface area (Å²) in [6.07, 6.45) is 1.68. The number of pyridine rings is 1. The van der Waals surface area contributed by atoms with Crippen LogP contribution in [-0.2, 0) is 16.1 Å². The van der Waals surface area contributed by atoms with E-state index in [1.54, 1.807) is 13.1 Å². The molecule has 22 heavy (non-hydrogen) atoms. The number of carbonyl (C=O) groups is 1. The minimum absolute atomic E-state index is 0.320. The van der Waals surface area contributed by atoms with Crippen molar-refractivity contribution in [2.75, 3.05) is 13.2 Å². The molecule has 114 valence electrons. The normalized spacial score (nSPS) is 11.2. The summed E-state index contributed by atoms with van der Waals surface area (Å²) in [6, 6.07) is 7.98. The SMILES string of the molecule is CCOCc1c(C(=O)OCC)ncc2[nH]c3ccccc3c12. The lowest BCUT2D eigenvalue weighted by Gasteiger charge is -2.10. The first kappa shape index (κ1) is 14.5. The molecule has 5 heteroatoms. The Morgan fingerprint density at radius 1 is 1.18 bits per heavy atom. The van der Waals surface area contributed by atoms with E-state index in [2.05, 4.69) is 9.97 Å². The van der Waals surface area contributed by atoms with Gasteiger partial charge >= 0.3 is 5.97 Å². The summed E-state index contributed by atoms with van der Waals surface area (Å²) in [5.74, 6) is -0.413. The lowest BCUT2D eigenvalue weighted by Crippen LogP contribution is -2.12. The van der Waals surface area contributed by atoms with Crippen LogP contribution in [0.2, 0.25) is 0 Å². The van der Waals surface area contributed by atoms with Crippen LogP contribution in [0.25, 0.3) is 21.8 Å². The van der Waals surface area contributed by atoms with Gasteiger partial charge in [0.25, 0.3) is 0 Å². The van der Waals surface area contributed by atoms with Crippen molar-refractivity contribution in [1.29, 1.82) is 0 Å². The highest BCUT2D eigenvalue weighted by Gasteiger charge is 2.20. The second kappa shape index (κ2) is 6.15. The second-order valence-corrected chi connectivity index (χ2v) is 4.90. The van der Waals surface area contributed by atoms with Crippen LogP contribution < -0.4 is 0 Å². The summed E-state index contributed by atoms with van der Waals surface area (Å²) >= 11 is 0. The van der Waals surface area contributed by atoms with Crippen LogP contribution in [0.3, 0.4) is 0 Å². The van der Waals surface area contributed by atoms with Crippen LogP contribution in [0.4, 0.5) is 0 Å². The van der Waals surface area contributed by atoms with Crippen molar-refractivity contribution >= 4 is 27.8 Å². The number of aromatic nitrogens is 2. The number of nitrogens with one attached hydrogen (secondary N) is 1. The fraction of sp³-hybridized carbons (Fsp3) is 0.294. The van der Waals surface area contributed by atoms with E-state index < -0.39 is 5.97 Å². The van der Waals surface area contributed by atoms with Gasteiger partial charge in [0, 0.05) is 28.5 Å². The quantitative estimate of drug-likeness (QED) is 0.733. The molecule has 0 atom stereocenters. The Kier molecular flexibility index (Phi) is 4.06. The van der Waals surface area contributed by atoms with E-state index in [4.69, 9.17) is 9.47 Å². The number of hydrogen-bond donors (Lipinski definition) is 1. The Morgan fingerprint density at radius 2 is 2.00 bits per heavy atom. The van der Waals surface area contributed by atoms with Gasteiger partial charge < -0.3 is 14.5 Å². The van der Waals surface area contributed by atoms with Crippen LogP contribution in [0.15, 0.2) is 30.5 Å². The number of hydrogen-bond acceptors (Lipinski definition) is 4. The smallest absolute Gasteiger partial charge is 0.357 e. The van der Waals surface area contributed by atoms with Crippen molar-refractivity contribution in [2.45, 2.75) is 20.5 Å². The molecule has 0 bridgehead atoms. The Morgan fingerprint density at radius 3 is 2.77 bits per heavy atom. The highest BCUT2D eigenvalue weighted by molar-refractivity contribution is 6.10. The third-order valence-electron chi connectivity index (χ3n) is 3.56. The van der Waals surface area contributed by atoms with Crippen molar-refractivity contribution in [3.8, 4) is 0 Å². The first-order valence-corrected chi connectivity index (χ1v) is 7.39. The monoisotopic (exact) mass is 298 g/mol. The maximum Gasteiger partial charge on any atom is 0.357 e. The van der Waals surface area contributed by atoms with Crippen molar-refractivity contribution < 1.29 is 14.3 Å². The molecule has 1 aromatic carbocycles. The summed E-state index contributed by atoms with van der Waals surface area (Å²) < 4.78 is 10.7. The zero-order chi connectivity index (χ0) is 15.5. The number of benzene rings is 1. The fourth-order valence-corrected chi connectivity index (χ4v) is 2.63. The largest absolute Gasteiger partial charge is 0.461 e. The van der Waals surface area contributed by atoms with E-state index in [0.29, 0.717) is 25.5 Å². The fourth-order valence-electron chi connectivity index (χ4n) is 2.63. The molecule has 0 saturated carbocycles. The number of carbonyl (C=O) groups excluding carboxylic acids is 1. The van der Waals surface area contributed by atoms with Crippen LogP contribution in [0, 0.1) is 0 Å². The first-order valence-electron chi connectivity index (χ1n) is 7.39. The van der Waals surface area contributed by atoms with Crippen LogP contribution in [-0.4, -0.2) is 29.2 Å². The van der Waals surface area contributed by atoms with Gasteiger partial charge in [0.1, 0.15) is 0 Å². The molecule has 0 saturated heterocycles. The average Bonchev–Trinajstić information content (AvgIpc) is 2.91. The summed E-state index contributed by atoms with van der Waals surface area (Å²) in [6.45, 7) is 4.93. The molecule has 0 fully saturated rings. The van der Waals surface area contributed by atoms with Gasteiger partial charge in [-0.15, -0.1) is 0 Å². The molecule has 1 N–H and O–H groups in total. The molecule has 0 unspecified atom stereocenters. The van der Waals surface area contributed by atoms with Gasteiger partial charge in [-0.2, -0.15) is 0 Å². The number of H-pyrrole nitrogens is 1. The summed E-state index contributed by atoms with van der Waals surface area (Å²) in [5, 5.41) is 2.03. The average molecular weight is 298 g/mol. The van der Waals surface area contributed by atoms with Crippen molar-refractivity contribution in [2.24, 2.45) is 0 Å².